The number of aromatic nitrogens is 1. The highest BCUT2D eigenvalue weighted by Gasteiger charge is 2.30. The fraction of sp³-hybridized carbons (Fsp3) is 0.118. The standard InChI is InChI=1S/C17H12F4N2O/c1-9-13-7-4-11(18)8-14(13)23-15(9)16(24)22-12-5-2-10(3-6-12)17(19,20)21/h2-8,23H,1H3,(H,22,24). The number of aromatic amines is 1. The Balaban J connectivity index is 1.86. The maximum Gasteiger partial charge on any atom is 0.416 e. The van der Waals surface area contributed by atoms with Crippen LogP contribution in [-0.4, -0.2) is 10.9 Å². The zero-order chi connectivity index (χ0) is 17.5. The molecular formula is C17H12F4N2O. The zero-order valence-electron chi connectivity index (χ0n) is 12.5. The van der Waals surface area contributed by atoms with Gasteiger partial charge in [-0.05, 0) is 55.0 Å². The summed E-state index contributed by atoms with van der Waals surface area (Å²) in [5.41, 5.74) is 0.782. The van der Waals surface area contributed by atoms with Gasteiger partial charge in [-0.25, -0.2) is 4.39 Å². The van der Waals surface area contributed by atoms with Gasteiger partial charge in [-0.2, -0.15) is 13.2 Å². The molecule has 0 radical (unpaired) electrons. The van der Waals surface area contributed by atoms with E-state index in [-0.39, 0.29) is 11.4 Å². The summed E-state index contributed by atoms with van der Waals surface area (Å²) in [7, 11) is 0. The molecule has 124 valence electrons. The Hall–Kier alpha value is -2.83. The van der Waals surface area contributed by atoms with Gasteiger partial charge in [-0.3, -0.25) is 4.79 Å². The van der Waals surface area contributed by atoms with Gasteiger partial charge >= 0.3 is 6.18 Å². The average Bonchev–Trinajstić information content (AvgIpc) is 2.83. The van der Waals surface area contributed by atoms with Crippen LogP contribution in [0, 0.1) is 12.7 Å². The van der Waals surface area contributed by atoms with Gasteiger partial charge in [0.25, 0.3) is 5.91 Å². The number of anilines is 1. The molecule has 7 heteroatoms. The van der Waals surface area contributed by atoms with Gasteiger partial charge < -0.3 is 10.3 Å². The van der Waals surface area contributed by atoms with Crippen LogP contribution < -0.4 is 5.32 Å². The van der Waals surface area contributed by atoms with Crippen LogP contribution >= 0.6 is 0 Å². The smallest absolute Gasteiger partial charge is 0.350 e. The van der Waals surface area contributed by atoms with Crippen molar-refractivity contribution in [2.24, 2.45) is 0 Å². The lowest BCUT2D eigenvalue weighted by molar-refractivity contribution is -0.137. The van der Waals surface area contributed by atoms with Crippen molar-refractivity contribution in [1.29, 1.82) is 0 Å². The van der Waals surface area contributed by atoms with E-state index in [1.807, 2.05) is 0 Å². The first-order valence-corrected chi connectivity index (χ1v) is 7.02. The molecule has 3 rings (SSSR count). The van der Waals surface area contributed by atoms with Crippen LogP contribution in [0.1, 0.15) is 21.6 Å². The molecule has 0 aliphatic carbocycles. The molecule has 1 heterocycles. The van der Waals surface area contributed by atoms with E-state index in [1.54, 1.807) is 13.0 Å². The van der Waals surface area contributed by atoms with E-state index >= 15 is 0 Å². The summed E-state index contributed by atoms with van der Waals surface area (Å²) in [5, 5.41) is 3.22. The van der Waals surface area contributed by atoms with Crippen LogP contribution in [0.4, 0.5) is 23.2 Å². The van der Waals surface area contributed by atoms with Crippen molar-refractivity contribution in [1.82, 2.24) is 4.98 Å². The molecule has 0 saturated carbocycles. The number of hydrogen-bond acceptors (Lipinski definition) is 1. The van der Waals surface area contributed by atoms with Gasteiger partial charge in [0.15, 0.2) is 0 Å². The second kappa shape index (κ2) is 5.67. The second-order valence-corrected chi connectivity index (χ2v) is 5.34. The van der Waals surface area contributed by atoms with Crippen molar-refractivity contribution in [2.45, 2.75) is 13.1 Å². The third kappa shape index (κ3) is 2.97. The normalized spacial score (nSPS) is 11.7. The quantitative estimate of drug-likeness (QED) is 0.643. The summed E-state index contributed by atoms with van der Waals surface area (Å²) < 4.78 is 50.8. The number of carbonyl (C=O) groups excluding carboxylic acids is 1. The van der Waals surface area contributed by atoms with Crippen molar-refractivity contribution < 1.29 is 22.4 Å². The predicted molar refractivity (Wildman–Crippen MR) is 82.4 cm³/mol. The largest absolute Gasteiger partial charge is 0.416 e. The van der Waals surface area contributed by atoms with Gasteiger partial charge in [0.2, 0.25) is 0 Å². The fourth-order valence-corrected chi connectivity index (χ4v) is 2.47. The number of benzene rings is 2. The first-order chi connectivity index (χ1) is 11.3. The summed E-state index contributed by atoms with van der Waals surface area (Å²) in [6.07, 6.45) is -4.43. The summed E-state index contributed by atoms with van der Waals surface area (Å²) in [4.78, 5) is 15.1. The van der Waals surface area contributed by atoms with Crippen LogP contribution in [-0.2, 0) is 6.18 Å². The fourth-order valence-electron chi connectivity index (χ4n) is 2.47. The Morgan fingerprint density at radius 3 is 2.38 bits per heavy atom. The number of hydrogen-bond donors (Lipinski definition) is 2. The van der Waals surface area contributed by atoms with Crippen LogP contribution in [0.25, 0.3) is 10.9 Å². The molecule has 0 aliphatic heterocycles. The number of rotatable bonds is 2. The van der Waals surface area contributed by atoms with E-state index in [0.717, 1.165) is 12.1 Å². The molecule has 0 spiro atoms. The molecule has 24 heavy (non-hydrogen) atoms. The van der Waals surface area contributed by atoms with Crippen LogP contribution in [0.5, 0.6) is 0 Å². The summed E-state index contributed by atoms with van der Waals surface area (Å²) >= 11 is 0. The lowest BCUT2D eigenvalue weighted by Crippen LogP contribution is -2.14. The number of fused-ring (bicyclic) bond motifs is 1. The molecule has 0 bridgehead atoms. The highest BCUT2D eigenvalue weighted by atomic mass is 19.4. The molecule has 3 aromatic rings. The van der Waals surface area contributed by atoms with E-state index in [4.69, 9.17) is 0 Å². The minimum atomic E-state index is -4.43. The molecule has 3 nitrogen and oxygen atoms in total. The Kier molecular flexibility index (Phi) is 3.79. The Labute approximate surface area is 134 Å². The van der Waals surface area contributed by atoms with Crippen molar-refractivity contribution in [3.63, 3.8) is 0 Å². The topological polar surface area (TPSA) is 44.9 Å². The van der Waals surface area contributed by atoms with E-state index in [1.165, 1.54) is 24.3 Å². The Morgan fingerprint density at radius 2 is 1.75 bits per heavy atom. The van der Waals surface area contributed by atoms with Gasteiger partial charge in [-0.1, -0.05) is 0 Å². The molecule has 0 aliphatic rings. The van der Waals surface area contributed by atoms with Crippen LogP contribution in [0.15, 0.2) is 42.5 Å². The van der Waals surface area contributed by atoms with Gasteiger partial charge in [0.1, 0.15) is 11.5 Å². The molecule has 0 atom stereocenters. The number of H-pyrrole nitrogens is 1. The van der Waals surface area contributed by atoms with Gasteiger partial charge in [0.05, 0.1) is 5.56 Å². The lowest BCUT2D eigenvalue weighted by Gasteiger charge is -2.08. The minimum absolute atomic E-state index is 0.232. The average molecular weight is 336 g/mol. The number of halogens is 4. The monoisotopic (exact) mass is 336 g/mol. The van der Waals surface area contributed by atoms with Gasteiger partial charge in [-0.15, -0.1) is 0 Å². The first kappa shape index (κ1) is 16.0. The molecular weight excluding hydrogens is 324 g/mol. The van der Waals surface area contributed by atoms with E-state index in [9.17, 15) is 22.4 Å². The van der Waals surface area contributed by atoms with E-state index < -0.39 is 23.5 Å². The Morgan fingerprint density at radius 1 is 1.08 bits per heavy atom. The highest BCUT2D eigenvalue weighted by molar-refractivity contribution is 6.07. The summed E-state index contributed by atoms with van der Waals surface area (Å²) in [5.74, 6) is -0.942. The molecule has 1 aromatic heterocycles. The van der Waals surface area contributed by atoms with Crippen molar-refractivity contribution in [2.75, 3.05) is 5.32 Å². The molecule has 0 fully saturated rings. The second-order valence-electron chi connectivity index (χ2n) is 5.34. The molecule has 1 amide bonds. The third-order valence-corrected chi connectivity index (χ3v) is 3.72. The van der Waals surface area contributed by atoms with Crippen molar-refractivity contribution in [3.05, 3.63) is 65.1 Å². The van der Waals surface area contributed by atoms with Crippen molar-refractivity contribution >= 4 is 22.5 Å². The Bertz CT molecular complexity index is 911. The number of amides is 1. The highest BCUT2D eigenvalue weighted by Crippen LogP contribution is 2.30. The lowest BCUT2D eigenvalue weighted by atomic mass is 10.1. The molecule has 0 unspecified atom stereocenters. The van der Waals surface area contributed by atoms with E-state index in [2.05, 4.69) is 10.3 Å². The summed E-state index contributed by atoms with van der Waals surface area (Å²) in [6.45, 7) is 1.71. The van der Waals surface area contributed by atoms with Crippen molar-refractivity contribution in [3.8, 4) is 0 Å². The van der Waals surface area contributed by atoms with Gasteiger partial charge in [0, 0.05) is 16.6 Å². The van der Waals surface area contributed by atoms with Crippen LogP contribution in [0.3, 0.4) is 0 Å². The molecule has 2 N–H and O–H groups in total. The summed E-state index contributed by atoms with van der Waals surface area (Å²) in [6, 6.07) is 8.27. The maximum absolute atomic E-state index is 13.2. The number of carbonyl (C=O) groups is 1. The van der Waals surface area contributed by atoms with Crippen LogP contribution in [0.2, 0.25) is 0 Å². The van der Waals surface area contributed by atoms with E-state index in [0.29, 0.717) is 16.5 Å². The first-order valence-electron chi connectivity index (χ1n) is 7.02. The third-order valence-electron chi connectivity index (χ3n) is 3.72. The number of nitrogens with one attached hydrogen (secondary N) is 2. The number of aryl methyl sites for hydroxylation is 1. The predicted octanol–water partition coefficient (Wildman–Crippen LogP) is 4.89. The zero-order valence-corrected chi connectivity index (χ0v) is 12.5. The maximum atomic E-state index is 13.2. The minimum Gasteiger partial charge on any atom is -0.350 e. The molecule has 2 aromatic carbocycles. The number of alkyl halides is 3. The SMILES string of the molecule is Cc1c(C(=O)Nc2ccc(C(F)(F)F)cc2)[nH]c2cc(F)ccc12. The molecule has 0 saturated heterocycles.